The molecule has 11 rings (SSSR count). The van der Waals surface area contributed by atoms with Gasteiger partial charge in [-0.2, -0.15) is 0 Å². The van der Waals surface area contributed by atoms with E-state index in [0.717, 1.165) is 107 Å². The predicted octanol–water partition coefficient (Wildman–Crippen LogP) is 11.2. The minimum Gasteiger partial charge on any atom is -0.481 e. The van der Waals surface area contributed by atoms with Gasteiger partial charge in [-0.15, -0.1) is 5.92 Å². The first-order chi connectivity index (χ1) is 31.5. The van der Waals surface area contributed by atoms with Gasteiger partial charge in [0, 0.05) is 42.1 Å². The molecule has 1 heterocycles. The van der Waals surface area contributed by atoms with Crippen molar-refractivity contribution >= 4 is 5.97 Å². The van der Waals surface area contributed by atoms with Gasteiger partial charge < -0.3 is 29.9 Å². The molecule has 0 radical (unpaired) electrons. The normalized spacial score (nSPS) is 53.1. The van der Waals surface area contributed by atoms with Gasteiger partial charge in [-0.25, -0.2) is 0 Å². The highest BCUT2D eigenvalue weighted by Gasteiger charge is 2.89. The number of aliphatic hydroxyl groups excluding tert-OH is 2. The molecular weight excluding hydrogens is 821 g/mol. The number of carbonyl (C=O) groups is 1. The van der Waals surface area contributed by atoms with E-state index in [9.17, 15) is 25.2 Å². The molecule has 1 aliphatic heterocycles. The average molecular weight is 907 g/mol. The van der Waals surface area contributed by atoms with E-state index in [4.69, 9.17) is 9.47 Å². The van der Waals surface area contributed by atoms with Crippen molar-refractivity contribution in [3.05, 3.63) is 35.4 Å². The third-order valence-electron chi connectivity index (χ3n) is 24.9. The maximum absolute atomic E-state index is 13.7. The van der Waals surface area contributed by atoms with Crippen LogP contribution in [0, 0.1) is 103 Å². The van der Waals surface area contributed by atoms with Gasteiger partial charge in [-0.3, -0.25) is 4.79 Å². The summed E-state index contributed by atoms with van der Waals surface area (Å²) in [5, 5.41) is 50.5. The van der Waals surface area contributed by atoms with Crippen LogP contribution in [0.5, 0.6) is 0 Å². The van der Waals surface area contributed by atoms with Gasteiger partial charge >= 0.3 is 5.97 Å². The smallest absolute Gasteiger partial charge is 0.309 e. The lowest BCUT2D eigenvalue weighted by atomic mass is 9.19. The SMILES string of the molecule is CCCC1C2(O)CC(O)C3(CO)C1(CCC14C#CCC(C5CCC6CCCC6C5)CCC56C(CCC7C5C(C)(CCC7(C)C(=O)O)CCC61C)CC43C)C(Cc1ccc(CCOC)cc1)O2. The second-order valence-corrected chi connectivity index (χ2v) is 26.3. The minimum absolute atomic E-state index is 0.0622. The fourth-order valence-electron chi connectivity index (χ4n) is 22.0. The van der Waals surface area contributed by atoms with Crippen LogP contribution >= 0.6 is 0 Å². The summed E-state index contributed by atoms with van der Waals surface area (Å²) in [5.41, 5.74) is -1.51. The first-order valence-corrected chi connectivity index (χ1v) is 27.5. The quantitative estimate of drug-likeness (QED) is 0.173. The van der Waals surface area contributed by atoms with E-state index in [2.05, 4.69) is 70.7 Å². The van der Waals surface area contributed by atoms with Crippen LogP contribution in [0.1, 0.15) is 181 Å². The van der Waals surface area contributed by atoms with Crippen molar-refractivity contribution < 1.29 is 34.7 Å². The van der Waals surface area contributed by atoms with E-state index in [1.165, 1.54) is 50.5 Å². The van der Waals surface area contributed by atoms with Crippen molar-refractivity contribution in [2.45, 2.75) is 200 Å². The van der Waals surface area contributed by atoms with Crippen LogP contribution in [0.15, 0.2) is 24.3 Å². The number of fused-ring (bicyclic) bond motifs is 3. The zero-order chi connectivity index (χ0) is 46.3. The van der Waals surface area contributed by atoms with Crippen LogP contribution in [0.4, 0.5) is 0 Å². The molecule has 1 aromatic rings. The zero-order valence-electron chi connectivity index (χ0n) is 41.8. The Morgan fingerprint density at radius 3 is 2.29 bits per heavy atom. The number of hydrogen-bond acceptors (Lipinski definition) is 6. The van der Waals surface area contributed by atoms with E-state index in [1.807, 2.05) is 0 Å². The molecule has 4 N–H and O–H groups in total. The zero-order valence-corrected chi connectivity index (χ0v) is 41.8. The van der Waals surface area contributed by atoms with Crippen molar-refractivity contribution in [3.63, 3.8) is 0 Å². The van der Waals surface area contributed by atoms with Gasteiger partial charge in [0.05, 0.1) is 30.8 Å². The van der Waals surface area contributed by atoms with Crippen molar-refractivity contribution in [3.8, 4) is 11.8 Å². The van der Waals surface area contributed by atoms with Crippen LogP contribution in [0.25, 0.3) is 0 Å². The number of aliphatic carboxylic acids is 1. The molecule has 364 valence electrons. The Balaban J connectivity index is 1.10. The van der Waals surface area contributed by atoms with Gasteiger partial charge in [0.15, 0.2) is 5.79 Å². The number of methoxy groups -OCH3 is 1. The fraction of sp³-hybridized carbons (Fsp3) is 0.847. The highest BCUT2D eigenvalue weighted by molar-refractivity contribution is 5.75. The molecule has 19 atom stereocenters. The number of aliphatic hydroxyl groups is 3. The molecule has 19 unspecified atom stereocenters. The molecule has 7 nitrogen and oxygen atoms in total. The Morgan fingerprint density at radius 2 is 1.55 bits per heavy atom. The maximum Gasteiger partial charge on any atom is 0.309 e. The molecule has 66 heavy (non-hydrogen) atoms. The van der Waals surface area contributed by atoms with Gasteiger partial charge in [-0.1, -0.05) is 83.6 Å². The number of carboxylic acids is 1. The van der Waals surface area contributed by atoms with E-state index in [0.29, 0.717) is 30.8 Å². The minimum atomic E-state index is -1.48. The average Bonchev–Trinajstić information content (AvgIpc) is 3.84. The fourth-order valence-corrected chi connectivity index (χ4v) is 22.0. The number of benzene rings is 1. The molecule has 8 saturated carbocycles. The molecule has 1 saturated heterocycles. The van der Waals surface area contributed by atoms with Crippen LogP contribution in [-0.2, 0) is 27.1 Å². The number of rotatable bonds is 10. The Bertz CT molecular complexity index is 2110. The summed E-state index contributed by atoms with van der Waals surface area (Å²) in [6.45, 7) is 12.6. The number of carboxylic acid groups (broad SMARTS) is 1. The first-order valence-electron chi connectivity index (χ1n) is 27.5. The molecule has 10 aliphatic rings. The molecular formula is C59H86O7. The number of hydrogen-bond donors (Lipinski definition) is 4. The second kappa shape index (κ2) is 15.8. The summed E-state index contributed by atoms with van der Waals surface area (Å²) in [4.78, 5) is 13.7. The van der Waals surface area contributed by atoms with Crippen LogP contribution in [0.3, 0.4) is 0 Å². The molecule has 0 aromatic heterocycles. The van der Waals surface area contributed by atoms with Crippen molar-refractivity contribution in [1.29, 1.82) is 0 Å². The summed E-state index contributed by atoms with van der Waals surface area (Å²) in [5.74, 6) is 9.98. The first kappa shape index (κ1) is 46.4. The van der Waals surface area contributed by atoms with E-state index in [1.54, 1.807) is 7.11 Å². The van der Waals surface area contributed by atoms with Crippen molar-refractivity contribution in [1.82, 2.24) is 0 Å². The molecule has 4 bridgehead atoms. The largest absolute Gasteiger partial charge is 0.481 e. The second-order valence-electron chi connectivity index (χ2n) is 26.3. The lowest BCUT2D eigenvalue weighted by Crippen LogP contribution is -2.82. The van der Waals surface area contributed by atoms with Crippen molar-refractivity contribution in [2.24, 2.45) is 90.7 Å². The Morgan fingerprint density at radius 1 is 0.818 bits per heavy atom. The third-order valence-corrected chi connectivity index (χ3v) is 24.9. The Labute approximate surface area is 397 Å². The number of ether oxygens (including phenoxy) is 2. The molecule has 9 fully saturated rings. The topological polar surface area (TPSA) is 116 Å². The standard InChI is InChI=1S/C59H86O7/c1-7-10-46-57-31-30-55-24-9-13-41(43-19-18-40-11-8-12-42(40)34-43)22-25-56-44(20-21-45-49(56)51(2,27-29-53(55,56)4)26-28-52(45,3)50(62)63)35-54(55,5)58(57,37-60)47(61)36-59(46,64)66-48(57)33-39-16-14-38(15-17-39)23-32-65-6/h14-17,40-49,60-61,64H,7-8,10-13,18-23,25-37H2,1-6H3,(H,62,63). The summed E-state index contributed by atoms with van der Waals surface area (Å²) in [6.07, 6.45) is 21.6. The Kier molecular flexibility index (Phi) is 11.1. The van der Waals surface area contributed by atoms with Crippen LogP contribution in [0.2, 0.25) is 0 Å². The molecule has 1 aromatic carbocycles. The highest BCUT2D eigenvalue weighted by atomic mass is 16.6. The van der Waals surface area contributed by atoms with Crippen LogP contribution in [-0.4, -0.2) is 64.7 Å². The maximum atomic E-state index is 13.7. The van der Waals surface area contributed by atoms with E-state index >= 15 is 0 Å². The van der Waals surface area contributed by atoms with Gasteiger partial charge in [0.1, 0.15) is 0 Å². The summed E-state index contributed by atoms with van der Waals surface area (Å²) in [6, 6.07) is 8.84. The monoisotopic (exact) mass is 907 g/mol. The molecule has 0 amide bonds. The summed E-state index contributed by atoms with van der Waals surface area (Å²) >= 11 is 0. The van der Waals surface area contributed by atoms with Crippen LogP contribution < -0.4 is 0 Å². The summed E-state index contributed by atoms with van der Waals surface area (Å²) in [7, 11) is 1.74. The third kappa shape index (κ3) is 5.66. The lowest BCUT2D eigenvalue weighted by Gasteiger charge is -2.84. The van der Waals surface area contributed by atoms with Gasteiger partial charge in [-0.05, 0) is 190 Å². The Hall–Kier alpha value is -1.95. The highest BCUT2D eigenvalue weighted by Crippen LogP contribution is 2.90. The summed E-state index contributed by atoms with van der Waals surface area (Å²) < 4.78 is 12.6. The van der Waals surface area contributed by atoms with Gasteiger partial charge in [0.25, 0.3) is 0 Å². The lowest BCUT2D eigenvalue weighted by molar-refractivity contribution is -0.380. The molecule has 9 aliphatic carbocycles. The molecule has 7 heteroatoms. The van der Waals surface area contributed by atoms with E-state index < -0.39 is 44.9 Å². The molecule has 3 spiro atoms. The van der Waals surface area contributed by atoms with Crippen molar-refractivity contribution in [2.75, 3.05) is 20.3 Å². The van der Waals surface area contributed by atoms with Gasteiger partial charge in [0.2, 0.25) is 0 Å². The van der Waals surface area contributed by atoms with E-state index in [-0.39, 0.29) is 53.1 Å². The predicted molar refractivity (Wildman–Crippen MR) is 257 cm³/mol.